The molecule has 13 heavy (non-hydrogen) atoms. The lowest BCUT2D eigenvalue weighted by molar-refractivity contribution is -0.162. The molecule has 0 aliphatic carbocycles. The van der Waals surface area contributed by atoms with Crippen molar-refractivity contribution in [1.82, 2.24) is 15.0 Å². The lowest BCUT2D eigenvalue weighted by atomic mass is 10.4. The van der Waals surface area contributed by atoms with Crippen LogP contribution in [0.5, 0.6) is 0 Å². The topological polar surface area (TPSA) is 41.1 Å². The summed E-state index contributed by atoms with van der Waals surface area (Å²) in [6.45, 7) is 6.85. The molecule has 0 unspecified atom stereocenters. The van der Waals surface area contributed by atoms with E-state index in [1.54, 1.807) is 7.11 Å². The van der Waals surface area contributed by atoms with Crippen LogP contribution in [0.4, 0.5) is 0 Å². The van der Waals surface area contributed by atoms with Gasteiger partial charge in [0.2, 0.25) is 0 Å². The average molecular weight is 183 g/mol. The molecule has 0 fully saturated rings. The van der Waals surface area contributed by atoms with Gasteiger partial charge in [0.15, 0.2) is 0 Å². The van der Waals surface area contributed by atoms with Gasteiger partial charge in [0.25, 0.3) is 0 Å². The number of aryl methyl sites for hydroxylation is 1. The Morgan fingerprint density at radius 2 is 2.31 bits per heavy atom. The van der Waals surface area contributed by atoms with Crippen molar-refractivity contribution in [2.45, 2.75) is 33.4 Å². The van der Waals surface area contributed by atoms with Gasteiger partial charge in [-0.15, -0.1) is 0 Å². The molecule has 1 aromatic rings. The van der Waals surface area contributed by atoms with Crippen LogP contribution in [0.25, 0.3) is 0 Å². The fourth-order valence-electron chi connectivity index (χ4n) is 1.15. The minimum Gasteiger partial charge on any atom is -0.345 e. The minimum absolute atomic E-state index is 0.357. The molecule has 0 atom stereocenters. The van der Waals surface area contributed by atoms with E-state index in [0.29, 0.717) is 12.6 Å². The number of hydrogen-bond acceptors (Lipinski definition) is 3. The standard InChI is InChI=1S/C9H17N3O/c1-7(2)12(13-4)6-9-10-5-8(3)11-9/h5,7H,6H2,1-4H3,(H,10,11). The highest BCUT2D eigenvalue weighted by Gasteiger charge is 2.10. The monoisotopic (exact) mass is 183 g/mol. The van der Waals surface area contributed by atoms with E-state index in [-0.39, 0.29) is 0 Å². The minimum atomic E-state index is 0.357. The van der Waals surface area contributed by atoms with Crippen molar-refractivity contribution in [2.75, 3.05) is 7.11 Å². The predicted octanol–water partition coefficient (Wildman–Crippen LogP) is 1.49. The first-order chi connectivity index (χ1) is 6.13. The van der Waals surface area contributed by atoms with Gasteiger partial charge in [-0.3, -0.25) is 0 Å². The molecule has 0 spiro atoms. The van der Waals surface area contributed by atoms with Gasteiger partial charge in [0, 0.05) is 17.9 Å². The Balaban J connectivity index is 2.56. The van der Waals surface area contributed by atoms with E-state index < -0.39 is 0 Å². The number of H-pyrrole nitrogens is 1. The summed E-state index contributed by atoms with van der Waals surface area (Å²) in [5, 5.41) is 1.87. The maximum Gasteiger partial charge on any atom is 0.122 e. The molecule has 1 rings (SSSR count). The van der Waals surface area contributed by atoms with E-state index in [1.165, 1.54) is 0 Å². The first-order valence-electron chi connectivity index (χ1n) is 4.44. The molecule has 4 heteroatoms. The summed E-state index contributed by atoms with van der Waals surface area (Å²) in [7, 11) is 1.68. The first-order valence-corrected chi connectivity index (χ1v) is 4.44. The highest BCUT2D eigenvalue weighted by atomic mass is 16.7. The number of hydroxylamine groups is 2. The Kier molecular flexibility index (Phi) is 3.45. The van der Waals surface area contributed by atoms with Gasteiger partial charge in [0.1, 0.15) is 5.82 Å². The molecule has 0 amide bonds. The highest BCUT2D eigenvalue weighted by molar-refractivity contribution is 4.97. The van der Waals surface area contributed by atoms with Gasteiger partial charge in [-0.1, -0.05) is 0 Å². The van der Waals surface area contributed by atoms with E-state index in [0.717, 1.165) is 11.5 Å². The molecule has 0 saturated carbocycles. The first kappa shape index (κ1) is 10.2. The van der Waals surface area contributed by atoms with E-state index >= 15 is 0 Å². The second-order valence-corrected chi connectivity index (χ2v) is 3.36. The summed E-state index contributed by atoms with van der Waals surface area (Å²) in [6, 6.07) is 0.357. The molecule has 74 valence electrons. The number of nitrogens with zero attached hydrogens (tertiary/aromatic N) is 2. The van der Waals surface area contributed by atoms with Crippen LogP contribution in [0.15, 0.2) is 6.20 Å². The Morgan fingerprint density at radius 3 is 2.69 bits per heavy atom. The molecule has 4 nitrogen and oxygen atoms in total. The number of aromatic amines is 1. The molecule has 0 radical (unpaired) electrons. The number of hydrogen-bond donors (Lipinski definition) is 1. The van der Waals surface area contributed by atoms with Gasteiger partial charge >= 0.3 is 0 Å². The normalized spacial score (nSPS) is 11.5. The number of aromatic nitrogens is 2. The largest absolute Gasteiger partial charge is 0.345 e. The van der Waals surface area contributed by atoms with E-state index in [4.69, 9.17) is 4.84 Å². The SMILES string of the molecule is CON(Cc1ncc(C)[nH]1)C(C)C. The Morgan fingerprint density at radius 1 is 1.62 bits per heavy atom. The maximum absolute atomic E-state index is 5.20. The number of nitrogens with one attached hydrogen (secondary N) is 1. The predicted molar refractivity (Wildman–Crippen MR) is 51.0 cm³/mol. The smallest absolute Gasteiger partial charge is 0.122 e. The second-order valence-electron chi connectivity index (χ2n) is 3.36. The van der Waals surface area contributed by atoms with E-state index in [2.05, 4.69) is 23.8 Å². The zero-order chi connectivity index (χ0) is 9.84. The van der Waals surface area contributed by atoms with Crippen LogP contribution in [-0.4, -0.2) is 28.2 Å². The van der Waals surface area contributed by atoms with Gasteiger partial charge in [-0.05, 0) is 20.8 Å². The van der Waals surface area contributed by atoms with Crippen LogP contribution in [-0.2, 0) is 11.4 Å². The highest BCUT2D eigenvalue weighted by Crippen LogP contribution is 2.04. The fraction of sp³-hybridized carbons (Fsp3) is 0.667. The lowest BCUT2D eigenvalue weighted by Crippen LogP contribution is -2.29. The molecule has 0 aromatic carbocycles. The average Bonchev–Trinajstić information content (AvgIpc) is 2.46. The maximum atomic E-state index is 5.20. The third kappa shape index (κ3) is 2.82. The number of imidazole rings is 1. The molecular formula is C9H17N3O. The van der Waals surface area contributed by atoms with Gasteiger partial charge in [0.05, 0.1) is 13.7 Å². The van der Waals surface area contributed by atoms with E-state index in [9.17, 15) is 0 Å². The van der Waals surface area contributed by atoms with Crippen molar-refractivity contribution in [3.05, 3.63) is 17.7 Å². The summed E-state index contributed by atoms with van der Waals surface area (Å²) in [6.07, 6.45) is 1.82. The Hall–Kier alpha value is -0.870. The van der Waals surface area contributed by atoms with Gasteiger partial charge in [-0.2, -0.15) is 5.06 Å². The summed E-state index contributed by atoms with van der Waals surface area (Å²) in [5.41, 5.74) is 1.08. The Bertz CT molecular complexity index is 257. The Labute approximate surface area is 78.9 Å². The number of rotatable bonds is 4. The van der Waals surface area contributed by atoms with Crippen molar-refractivity contribution in [1.29, 1.82) is 0 Å². The van der Waals surface area contributed by atoms with Crippen LogP contribution in [0.3, 0.4) is 0 Å². The van der Waals surface area contributed by atoms with Crippen molar-refractivity contribution in [2.24, 2.45) is 0 Å². The van der Waals surface area contributed by atoms with Crippen LogP contribution in [0, 0.1) is 6.92 Å². The third-order valence-electron chi connectivity index (χ3n) is 1.87. The van der Waals surface area contributed by atoms with Crippen molar-refractivity contribution >= 4 is 0 Å². The van der Waals surface area contributed by atoms with Crippen LogP contribution < -0.4 is 0 Å². The van der Waals surface area contributed by atoms with Crippen LogP contribution in [0.1, 0.15) is 25.4 Å². The summed E-state index contributed by atoms with van der Waals surface area (Å²) in [4.78, 5) is 12.6. The quantitative estimate of drug-likeness (QED) is 0.719. The van der Waals surface area contributed by atoms with Crippen LogP contribution in [0.2, 0.25) is 0 Å². The molecule has 1 aromatic heterocycles. The zero-order valence-electron chi connectivity index (χ0n) is 8.66. The molecule has 0 aliphatic heterocycles. The van der Waals surface area contributed by atoms with Gasteiger partial charge in [-0.25, -0.2) is 4.98 Å². The molecule has 0 saturated heterocycles. The van der Waals surface area contributed by atoms with Crippen molar-refractivity contribution in [3.63, 3.8) is 0 Å². The molecule has 0 aliphatic rings. The summed E-state index contributed by atoms with van der Waals surface area (Å²) < 4.78 is 0. The third-order valence-corrected chi connectivity index (χ3v) is 1.87. The second kappa shape index (κ2) is 4.39. The zero-order valence-corrected chi connectivity index (χ0v) is 8.66. The molecular weight excluding hydrogens is 166 g/mol. The molecule has 1 N–H and O–H groups in total. The lowest BCUT2D eigenvalue weighted by Gasteiger charge is -2.22. The summed E-state index contributed by atoms with van der Waals surface area (Å²) in [5.74, 6) is 0.938. The fourth-order valence-corrected chi connectivity index (χ4v) is 1.15. The molecule has 1 heterocycles. The molecule has 0 bridgehead atoms. The van der Waals surface area contributed by atoms with Crippen LogP contribution >= 0.6 is 0 Å². The summed E-state index contributed by atoms with van der Waals surface area (Å²) >= 11 is 0. The van der Waals surface area contributed by atoms with E-state index in [1.807, 2.05) is 18.2 Å². The van der Waals surface area contributed by atoms with Crippen molar-refractivity contribution < 1.29 is 4.84 Å². The van der Waals surface area contributed by atoms with Gasteiger partial charge < -0.3 is 9.82 Å². The van der Waals surface area contributed by atoms with Crippen molar-refractivity contribution in [3.8, 4) is 0 Å².